The minimum Gasteiger partial charge on any atom is -0.372 e. The maximum atomic E-state index is 12.6. The predicted molar refractivity (Wildman–Crippen MR) is 60.0 cm³/mol. The molecule has 0 unspecified atom stereocenters. The molecule has 2 nitrogen and oxygen atoms in total. The van der Waals surface area contributed by atoms with E-state index in [4.69, 9.17) is 4.74 Å². The summed E-state index contributed by atoms with van der Waals surface area (Å²) in [7, 11) is 0. The van der Waals surface area contributed by atoms with Crippen molar-refractivity contribution in [2.24, 2.45) is 0 Å². The van der Waals surface area contributed by atoms with Crippen LogP contribution >= 0.6 is 0 Å². The van der Waals surface area contributed by atoms with Crippen molar-refractivity contribution >= 4 is 0 Å². The zero-order chi connectivity index (χ0) is 12.8. The van der Waals surface area contributed by atoms with Crippen molar-refractivity contribution in [3.63, 3.8) is 0 Å². The van der Waals surface area contributed by atoms with Crippen LogP contribution in [0.5, 0.6) is 0 Å². The van der Waals surface area contributed by atoms with Crippen LogP contribution in [-0.4, -0.2) is 12.6 Å². The number of nitrogens with one attached hydrogen (secondary N) is 1. The van der Waals surface area contributed by atoms with E-state index in [1.807, 2.05) is 0 Å². The molecule has 18 heavy (non-hydrogen) atoms. The molecule has 1 aromatic rings. The lowest BCUT2D eigenvalue weighted by molar-refractivity contribution is -0.137. The minimum absolute atomic E-state index is 0.0461. The molecule has 3 rings (SSSR count). The molecule has 2 aliphatic rings. The van der Waals surface area contributed by atoms with E-state index in [9.17, 15) is 13.2 Å². The van der Waals surface area contributed by atoms with Gasteiger partial charge in [-0.05, 0) is 42.6 Å². The molecule has 0 aromatic heterocycles. The molecule has 0 spiro atoms. The lowest BCUT2D eigenvalue weighted by atomic mass is 9.88. The standard InChI is InChI=1S/C13H14F3NO/c14-13(15,16)9-3-4-10-8(6-9)7-18-11-2-1-5-17-12(10)11/h3-4,6,11-12,17H,1-2,5,7H2/t11-,12-/m0/s1. The molecule has 0 saturated carbocycles. The molecule has 0 amide bonds. The van der Waals surface area contributed by atoms with Crippen molar-refractivity contribution in [2.45, 2.75) is 37.8 Å². The van der Waals surface area contributed by atoms with Crippen LogP contribution in [0.1, 0.15) is 35.6 Å². The summed E-state index contributed by atoms with van der Waals surface area (Å²) in [5, 5.41) is 3.33. The molecular formula is C13H14F3NO. The van der Waals surface area contributed by atoms with Crippen molar-refractivity contribution < 1.29 is 17.9 Å². The largest absolute Gasteiger partial charge is 0.416 e. The number of rotatable bonds is 0. The molecule has 0 aliphatic carbocycles. The van der Waals surface area contributed by atoms with Gasteiger partial charge in [-0.15, -0.1) is 0 Å². The van der Waals surface area contributed by atoms with Crippen molar-refractivity contribution in [1.29, 1.82) is 0 Å². The van der Waals surface area contributed by atoms with E-state index >= 15 is 0 Å². The topological polar surface area (TPSA) is 21.3 Å². The normalized spacial score (nSPS) is 27.5. The van der Waals surface area contributed by atoms with E-state index in [1.54, 1.807) is 6.07 Å². The Bertz CT molecular complexity index is 458. The Labute approximate surface area is 103 Å². The highest BCUT2D eigenvalue weighted by Gasteiger charge is 2.35. The fourth-order valence-corrected chi connectivity index (χ4v) is 2.76. The van der Waals surface area contributed by atoms with Crippen molar-refractivity contribution in [3.05, 3.63) is 34.9 Å². The number of hydrogen-bond donors (Lipinski definition) is 1. The number of piperidine rings is 1. The Hall–Kier alpha value is -1.07. The molecular weight excluding hydrogens is 243 g/mol. The molecule has 5 heteroatoms. The second kappa shape index (κ2) is 4.24. The number of benzene rings is 1. The molecule has 1 aromatic carbocycles. The molecule has 2 heterocycles. The first kappa shape index (κ1) is 12.0. The number of fused-ring (bicyclic) bond motifs is 3. The summed E-state index contributed by atoms with van der Waals surface area (Å²) in [6.07, 6.45) is -2.16. The highest BCUT2D eigenvalue weighted by Crippen LogP contribution is 2.37. The number of alkyl halides is 3. The highest BCUT2D eigenvalue weighted by molar-refractivity contribution is 5.37. The molecule has 0 radical (unpaired) electrons. The molecule has 1 N–H and O–H groups in total. The maximum Gasteiger partial charge on any atom is 0.416 e. The number of hydrogen-bond acceptors (Lipinski definition) is 2. The van der Waals surface area contributed by atoms with Gasteiger partial charge in [0.1, 0.15) is 0 Å². The monoisotopic (exact) mass is 257 g/mol. The Morgan fingerprint density at radius 1 is 1.28 bits per heavy atom. The zero-order valence-corrected chi connectivity index (χ0v) is 9.76. The van der Waals surface area contributed by atoms with Crippen molar-refractivity contribution in [1.82, 2.24) is 5.32 Å². The SMILES string of the molecule is FC(F)(F)c1ccc2c(c1)CO[C@H]1CCCN[C@@H]21. The van der Waals surface area contributed by atoms with Gasteiger partial charge in [0.15, 0.2) is 0 Å². The van der Waals surface area contributed by atoms with Gasteiger partial charge in [0.25, 0.3) is 0 Å². The predicted octanol–water partition coefficient (Wildman–Crippen LogP) is 3.03. The summed E-state index contributed by atoms with van der Waals surface area (Å²) in [6, 6.07) is 4.01. The fourth-order valence-electron chi connectivity index (χ4n) is 2.76. The van der Waals surface area contributed by atoms with E-state index in [1.165, 1.54) is 6.07 Å². The van der Waals surface area contributed by atoms with Gasteiger partial charge < -0.3 is 10.1 Å². The molecule has 1 saturated heterocycles. The summed E-state index contributed by atoms with van der Waals surface area (Å²) in [4.78, 5) is 0. The lowest BCUT2D eigenvalue weighted by Crippen LogP contribution is -2.42. The van der Waals surface area contributed by atoms with Crippen LogP contribution in [0.3, 0.4) is 0 Å². The Balaban J connectivity index is 1.96. The van der Waals surface area contributed by atoms with Crippen LogP contribution in [0.2, 0.25) is 0 Å². The number of halogens is 3. The van der Waals surface area contributed by atoms with Crippen LogP contribution in [0, 0.1) is 0 Å². The van der Waals surface area contributed by atoms with Crippen LogP contribution in [-0.2, 0) is 17.5 Å². The Morgan fingerprint density at radius 2 is 2.11 bits per heavy atom. The van der Waals surface area contributed by atoms with E-state index in [-0.39, 0.29) is 18.8 Å². The summed E-state index contributed by atoms with van der Waals surface area (Å²) in [6.45, 7) is 1.17. The molecule has 2 atom stereocenters. The van der Waals surface area contributed by atoms with Crippen LogP contribution < -0.4 is 5.32 Å². The molecule has 2 aliphatic heterocycles. The third-order valence-electron chi connectivity index (χ3n) is 3.66. The number of ether oxygens (including phenoxy) is 1. The van der Waals surface area contributed by atoms with Gasteiger partial charge in [-0.25, -0.2) is 0 Å². The van der Waals surface area contributed by atoms with Crippen molar-refractivity contribution in [3.8, 4) is 0 Å². The summed E-state index contributed by atoms with van der Waals surface area (Å²) < 4.78 is 43.5. The first-order valence-electron chi connectivity index (χ1n) is 6.11. The van der Waals surface area contributed by atoms with Gasteiger partial charge in [0.2, 0.25) is 0 Å². The zero-order valence-electron chi connectivity index (χ0n) is 9.76. The second-order valence-electron chi connectivity index (χ2n) is 4.83. The van der Waals surface area contributed by atoms with Gasteiger partial charge in [-0.1, -0.05) is 6.07 Å². The van der Waals surface area contributed by atoms with Gasteiger partial charge in [0, 0.05) is 0 Å². The summed E-state index contributed by atoms with van der Waals surface area (Å²) in [5.41, 5.74) is 1.01. The summed E-state index contributed by atoms with van der Waals surface area (Å²) in [5.74, 6) is 0. The van der Waals surface area contributed by atoms with E-state index in [0.29, 0.717) is 5.56 Å². The van der Waals surface area contributed by atoms with Gasteiger partial charge in [-0.3, -0.25) is 0 Å². The van der Waals surface area contributed by atoms with Crippen LogP contribution in [0.4, 0.5) is 13.2 Å². The third-order valence-corrected chi connectivity index (χ3v) is 3.66. The molecule has 1 fully saturated rings. The van der Waals surface area contributed by atoms with Crippen LogP contribution in [0.25, 0.3) is 0 Å². The van der Waals surface area contributed by atoms with Crippen molar-refractivity contribution in [2.75, 3.05) is 6.54 Å². The maximum absolute atomic E-state index is 12.6. The Morgan fingerprint density at radius 3 is 2.89 bits per heavy atom. The fraction of sp³-hybridized carbons (Fsp3) is 0.538. The average molecular weight is 257 g/mol. The highest BCUT2D eigenvalue weighted by atomic mass is 19.4. The third kappa shape index (κ3) is 2.01. The van der Waals surface area contributed by atoms with E-state index in [0.717, 1.165) is 31.0 Å². The second-order valence-corrected chi connectivity index (χ2v) is 4.83. The first-order valence-corrected chi connectivity index (χ1v) is 6.11. The minimum atomic E-state index is -4.29. The molecule has 98 valence electrons. The smallest absolute Gasteiger partial charge is 0.372 e. The van der Waals surface area contributed by atoms with Gasteiger partial charge >= 0.3 is 6.18 Å². The lowest BCUT2D eigenvalue weighted by Gasteiger charge is -2.38. The first-order chi connectivity index (χ1) is 8.55. The van der Waals surface area contributed by atoms with E-state index < -0.39 is 11.7 Å². The average Bonchev–Trinajstić information content (AvgIpc) is 2.37. The van der Waals surface area contributed by atoms with E-state index in [2.05, 4.69) is 5.32 Å². The summed E-state index contributed by atoms with van der Waals surface area (Å²) >= 11 is 0. The van der Waals surface area contributed by atoms with Gasteiger partial charge in [0.05, 0.1) is 24.3 Å². The molecule has 0 bridgehead atoms. The quantitative estimate of drug-likeness (QED) is 0.771. The Kier molecular flexibility index (Phi) is 2.83. The van der Waals surface area contributed by atoms with Gasteiger partial charge in [-0.2, -0.15) is 13.2 Å². The van der Waals surface area contributed by atoms with Crippen LogP contribution in [0.15, 0.2) is 18.2 Å².